The van der Waals surface area contributed by atoms with Crippen molar-refractivity contribution in [1.29, 1.82) is 0 Å². The van der Waals surface area contributed by atoms with E-state index in [1.807, 2.05) is 26.0 Å². The molecule has 0 saturated carbocycles. The van der Waals surface area contributed by atoms with Gasteiger partial charge in [0.25, 0.3) is 10.0 Å². The van der Waals surface area contributed by atoms with Crippen molar-refractivity contribution < 1.29 is 8.42 Å². The zero-order valence-electron chi connectivity index (χ0n) is 10.4. The van der Waals surface area contributed by atoms with Crippen LogP contribution in [-0.4, -0.2) is 8.42 Å². The molecule has 1 heterocycles. The third-order valence-electron chi connectivity index (χ3n) is 2.53. The maximum atomic E-state index is 12.2. The lowest BCUT2D eigenvalue weighted by Crippen LogP contribution is -2.13. The molecule has 4 nitrogen and oxygen atoms in total. The molecule has 0 radical (unpaired) electrons. The van der Waals surface area contributed by atoms with E-state index in [0.717, 1.165) is 26.9 Å². The van der Waals surface area contributed by atoms with Gasteiger partial charge in [0, 0.05) is 15.5 Å². The molecule has 0 unspecified atom stereocenters. The van der Waals surface area contributed by atoms with Crippen LogP contribution in [0.15, 0.2) is 32.3 Å². The fourth-order valence-corrected chi connectivity index (χ4v) is 4.84. The summed E-state index contributed by atoms with van der Waals surface area (Å²) in [7, 11) is -3.59. The van der Waals surface area contributed by atoms with Crippen molar-refractivity contribution in [3.63, 3.8) is 0 Å². The van der Waals surface area contributed by atoms with Crippen LogP contribution in [-0.2, 0) is 10.0 Å². The van der Waals surface area contributed by atoms with Crippen molar-refractivity contribution in [3.8, 4) is 0 Å². The van der Waals surface area contributed by atoms with Gasteiger partial charge in [-0.15, -0.1) is 11.3 Å². The molecule has 1 aromatic carbocycles. The summed E-state index contributed by atoms with van der Waals surface area (Å²) in [6, 6.07) is 5.24. The van der Waals surface area contributed by atoms with E-state index in [1.54, 1.807) is 5.38 Å². The number of halogens is 1. The topological polar surface area (TPSA) is 72.2 Å². The Morgan fingerprint density at radius 3 is 2.47 bits per heavy atom. The highest BCUT2D eigenvalue weighted by atomic mass is 79.9. The van der Waals surface area contributed by atoms with Crippen molar-refractivity contribution in [2.75, 3.05) is 10.5 Å². The molecule has 0 saturated heterocycles. The Morgan fingerprint density at radius 2 is 1.95 bits per heavy atom. The van der Waals surface area contributed by atoms with Gasteiger partial charge < -0.3 is 5.73 Å². The highest BCUT2D eigenvalue weighted by Gasteiger charge is 2.19. The van der Waals surface area contributed by atoms with Gasteiger partial charge in [-0.1, -0.05) is 6.07 Å². The van der Waals surface area contributed by atoms with E-state index in [2.05, 4.69) is 20.7 Å². The Labute approximate surface area is 124 Å². The largest absolute Gasteiger partial charge is 0.398 e. The summed E-state index contributed by atoms with van der Waals surface area (Å²) < 4.78 is 28.0. The minimum atomic E-state index is -3.59. The average molecular weight is 361 g/mol. The van der Waals surface area contributed by atoms with E-state index < -0.39 is 10.0 Å². The predicted octanol–water partition coefficient (Wildman–Crippen LogP) is 3.51. The standard InChI is InChI=1S/C12H13BrN2O2S2/c1-7-3-8(2)12(10(13)4-7)15-19(16,17)11-5-9(14)6-18-11/h3-6,15H,14H2,1-2H3. The number of aryl methyl sites for hydroxylation is 2. The zero-order chi connectivity index (χ0) is 14.2. The van der Waals surface area contributed by atoms with Crippen molar-refractivity contribution in [1.82, 2.24) is 0 Å². The molecule has 0 aliphatic heterocycles. The highest BCUT2D eigenvalue weighted by Crippen LogP contribution is 2.31. The van der Waals surface area contributed by atoms with Gasteiger partial charge in [-0.2, -0.15) is 0 Å². The van der Waals surface area contributed by atoms with Crippen LogP contribution in [0.5, 0.6) is 0 Å². The summed E-state index contributed by atoms with van der Waals surface area (Å²) in [5, 5.41) is 1.60. The second-order valence-electron chi connectivity index (χ2n) is 4.24. The quantitative estimate of drug-likeness (QED) is 0.879. The Hall–Kier alpha value is -1.05. The van der Waals surface area contributed by atoms with E-state index in [0.29, 0.717) is 11.4 Å². The lowest BCUT2D eigenvalue weighted by molar-refractivity contribution is 0.603. The van der Waals surface area contributed by atoms with E-state index in [-0.39, 0.29) is 4.21 Å². The second kappa shape index (κ2) is 5.15. The molecular weight excluding hydrogens is 348 g/mol. The first-order valence-corrected chi connectivity index (χ1v) is 8.59. The van der Waals surface area contributed by atoms with E-state index in [4.69, 9.17) is 5.73 Å². The highest BCUT2D eigenvalue weighted by molar-refractivity contribution is 9.10. The molecule has 0 aliphatic carbocycles. The molecule has 0 spiro atoms. The van der Waals surface area contributed by atoms with Gasteiger partial charge in [0.05, 0.1) is 5.69 Å². The lowest BCUT2D eigenvalue weighted by Gasteiger charge is -2.12. The van der Waals surface area contributed by atoms with E-state index >= 15 is 0 Å². The molecule has 2 rings (SSSR count). The van der Waals surface area contributed by atoms with Crippen molar-refractivity contribution in [3.05, 3.63) is 39.2 Å². The third-order valence-corrected chi connectivity index (χ3v) is 5.96. The molecule has 19 heavy (non-hydrogen) atoms. The number of sulfonamides is 1. The van der Waals surface area contributed by atoms with Crippen molar-refractivity contribution >= 4 is 48.7 Å². The molecule has 0 aliphatic rings. The van der Waals surface area contributed by atoms with Crippen LogP contribution in [0, 0.1) is 13.8 Å². The minimum Gasteiger partial charge on any atom is -0.398 e. The molecule has 0 atom stereocenters. The molecule has 1 aromatic heterocycles. The smallest absolute Gasteiger partial charge is 0.271 e. The summed E-state index contributed by atoms with van der Waals surface area (Å²) in [6.45, 7) is 3.81. The molecule has 0 bridgehead atoms. The number of benzene rings is 1. The fraction of sp³-hybridized carbons (Fsp3) is 0.167. The molecular formula is C12H13BrN2O2S2. The number of nitrogens with one attached hydrogen (secondary N) is 1. The molecule has 2 aromatic rings. The molecule has 102 valence electrons. The minimum absolute atomic E-state index is 0.205. The zero-order valence-corrected chi connectivity index (χ0v) is 13.6. The first-order valence-electron chi connectivity index (χ1n) is 5.43. The van der Waals surface area contributed by atoms with Crippen molar-refractivity contribution in [2.45, 2.75) is 18.1 Å². The van der Waals surface area contributed by atoms with Gasteiger partial charge in [-0.25, -0.2) is 8.42 Å². The predicted molar refractivity (Wildman–Crippen MR) is 83.2 cm³/mol. The normalized spacial score (nSPS) is 11.5. The monoisotopic (exact) mass is 360 g/mol. The Kier molecular flexibility index (Phi) is 3.89. The molecule has 3 N–H and O–H groups in total. The van der Waals surface area contributed by atoms with Crippen molar-refractivity contribution in [2.24, 2.45) is 0 Å². The average Bonchev–Trinajstić information content (AvgIpc) is 2.71. The number of nitrogen functional groups attached to an aromatic ring is 1. The number of hydrogen-bond donors (Lipinski definition) is 2. The molecule has 0 fully saturated rings. The molecule has 0 amide bonds. The Bertz CT molecular complexity index is 700. The first-order chi connectivity index (χ1) is 8.79. The number of rotatable bonds is 3. The number of thiophene rings is 1. The van der Waals surface area contributed by atoms with Gasteiger partial charge in [-0.05, 0) is 53.0 Å². The van der Waals surface area contributed by atoms with Crippen LogP contribution in [0.3, 0.4) is 0 Å². The molecule has 7 heteroatoms. The third kappa shape index (κ3) is 3.10. The summed E-state index contributed by atoms with van der Waals surface area (Å²) in [5.41, 5.74) is 8.48. The Balaban J connectivity index is 2.41. The van der Waals surface area contributed by atoms with Crippen LogP contribution in [0.1, 0.15) is 11.1 Å². The Morgan fingerprint density at radius 1 is 1.26 bits per heavy atom. The van der Waals surface area contributed by atoms with Crippen LogP contribution < -0.4 is 10.5 Å². The van der Waals surface area contributed by atoms with Gasteiger partial charge >= 0.3 is 0 Å². The van der Waals surface area contributed by atoms with Gasteiger partial charge in [0.2, 0.25) is 0 Å². The second-order valence-corrected chi connectivity index (χ2v) is 7.92. The summed E-state index contributed by atoms with van der Waals surface area (Å²) in [6.07, 6.45) is 0. The van der Waals surface area contributed by atoms with E-state index in [1.165, 1.54) is 6.07 Å². The fourth-order valence-electron chi connectivity index (χ4n) is 1.70. The lowest BCUT2D eigenvalue weighted by atomic mass is 10.1. The maximum absolute atomic E-state index is 12.2. The van der Waals surface area contributed by atoms with Crippen LogP contribution >= 0.6 is 27.3 Å². The van der Waals surface area contributed by atoms with E-state index in [9.17, 15) is 8.42 Å². The van der Waals surface area contributed by atoms with Crippen LogP contribution in [0.25, 0.3) is 0 Å². The van der Waals surface area contributed by atoms with Gasteiger partial charge in [0.15, 0.2) is 0 Å². The summed E-state index contributed by atoms with van der Waals surface area (Å²) >= 11 is 4.48. The maximum Gasteiger partial charge on any atom is 0.271 e. The number of nitrogens with two attached hydrogens (primary N) is 1. The SMILES string of the molecule is Cc1cc(C)c(NS(=O)(=O)c2cc(N)cs2)c(Br)c1. The van der Waals surface area contributed by atoms with Crippen LogP contribution in [0.4, 0.5) is 11.4 Å². The number of hydrogen-bond acceptors (Lipinski definition) is 4. The van der Waals surface area contributed by atoms with Crippen LogP contribution in [0.2, 0.25) is 0 Å². The van der Waals surface area contributed by atoms with Gasteiger partial charge in [-0.3, -0.25) is 4.72 Å². The summed E-state index contributed by atoms with van der Waals surface area (Å²) in [5.74, 6) is 0. The summed E-state index contributed by atoms with van der Waals surface area (Å²) in [4.78, 5) is 0. The first kappa shape index (κ1) is 14.4. The van der Waals surface area contributed by atoms with Gasteiger partial charge in [0.1, 0.15) is 4.21 Å². The number of anilines is 2.